The van der Waals surface area contributed by atoms with Gasteiger partial charge in [0.1, 0.15) is 5.82 Å². The van der Waals surface area contributed by atoms with Crippen LogP contribution in [0.2, 0.25) is 5.02 Å². The Morgan fingerprint density at radius 3 is 2.68 bits per heavy atom. The maximum atomic E-state index is 13.8. The molecule has 1 nitrogen and oxygen atoms in total. The summed E-state index contributed by atoms with van der Waals surface area (Å²) in [5, 5.41) is 0.669. The van der Waals surface area contributed by atoms with Crippen LogP contribution in [0.25, 0.3) is 0 Å². The van der Waals surface area contributed by atoms with E-state index in [0.717, 1.165) is 11.1 Å². The molecule has 0 fully saturated rings. The normalized spacial score (nSPS) is 12.5. The van der Waals surface area contributed by atoms with Gasteiger partial charge in [0.25, 0.3) is 0 Å². The molecule has 0 bridgehead atoms. The summed E-state index contributed by atoms with van der Waals surface area (Å²) in [4.78, 5) is 0. The fraction of sp³-hybridized carbons (Fsp3) is 0.200. The molecule has 19 heavy (non-hydrogen) atoms. The summed E-state index contributed by atoms with van der Waals surface area (Å²) in [6, 6.07) is 10.2. The summed E-state index contributed by atoms with van der Waals surface area (Å²) in [5.41, 5.74) is 8.61. The largest absolute Gasteiger partial charge is 0.324 e. The van der Waals surface area contributed by atoms with E-state index >= 15 is 0 Å². The molecule has 0 saturated heterocycles. The Hall–Kier alpha value is -0.900. The number of hydrogen-bond donors (Lipinski definition) is 1. The van der Waals surface area contributed by atoms with Gasteiger partial charge in [-0.2, -0.15) is 0 Å². The van der Waals surface area contributed by atoms with E-state index in [0.29, 0.717) is 21.5 Å². The van der Waals surface area contributed by atoms with Crippen LogP contribution < -0.4 is 5.73 Å². The molecule has 0 aromatic heterocycles. The third-order valence-corrected chi connectivity index (χ3v) is 4.06. The fourth-order valence-electron chi connectivity index (χ4n) is 2.02. The van der Waals surface area contributed by atoms with E-state index < -0.39 is 6.04 Å². The lowest BCUT2D eigenvalue weighted by Crippen LogP contribution is -2.16. The molecule has 1 atom stereocenters. The SMILES string of the molecule is Cc1ccc(CC(N)c2c(F)cccc2Br)c(Cl)c1. The van der Waals surface area contributed by atoms with Gasteiger partial charge >= 0.3 is 0 Å². The zero-order valence-electron chi connectivity index (χ0n) is 10.5. The van der Waals surface area contributed by atoms with Crippen LogP contribution in [0.5, 0.6) is 0 Å². The lowest BCUT2D eigenvalue weighted by Gasteiger charge is -2.16. The highest BCUT2D eigenvalue weighted by molar-refractivity contribution is 9.10. The first-order valence-corrected chi connectivity index (χ1v) is 7.10. The summed E-state index contributed by atoms with van der Waals surface area (Å²) < 4.78 is 14.5. The Morgan fingerprint density at radius 1 is 1.32 bits per heavy atom. The highest BCUT2D eigenvalue weighted by atomic mass is 79.9. The smallest absolute Gasteiger partial charge is 0.129 e. The van der Waals surface area contributed by atoms with Crippen molar-refractivity contribution in [1.29, 1.82) is 0 Å². The Balaban J connectivity index is 2.28. The van der Waals surface area contributed by atoms with Crippen molar-refractivity contribution in [1.82, 2.24) is 0 Å². The summed E-state index contributed by atoms with van der Waals surface area (Å²) >= 11 is 9.52. The van der Waals surface area contributed by atoms with Gasteiger partial charge in [-0.1, -0.05) is 45.7 Å². The van der Waals surface area contributed by atoms with E-state index in [1.165, 1.54) is 6.07 Å². The predicted octanol–water partition coefficient (Wildman–Crippen LogP) is 4.79. The highest BCUT2D eigenvalue weighted by Gasteiger charge is 2.16. The first-order chi connectivity index (χ1) is 8.99. The van der Waals surface area contributed by atoms with Crippen LogP contribution in [0.3, 0.4) is 0 Å². The summed E-state index contributed by atoms with van der Waals surface area (Å²) in [5.74, 6) is -0.301. The van der Waals surface area contributed by atoms with Gasteiger partial charge in [-0.05, 0) is 42.7 Å². The minimum Gasteiger partial charge on any atom is -0.324 e. The third kappa shape index (κ3) is 3.35. The second-order valence-electron chi connectivity index (χ2n) is 4.54. The van der Waals surface area contributed by atoms with Crippen LogP contribution in [0.1, 0.15) is 22.7 Å². The summed E-state index contributed by atoms with van der Waals surface area (Å²) in [7, 11) is 0. The number of nitrogens with two attached hydrogens (primary N) is 1. The molecular weight excluding hydrogens is 329 g/mol. The summed E-state index contributed by atoms with van der Waals surface area (Å²) in [6.07, 6.45) is 0.499. The van der Waals surface area contributed by atoms with Crippen LogP contribution in [0, 0.1) is 12.7 Å². The van der Waals surface area contributed by atoms with Crippen molar-refractivity contribution in [3.63, 3.8) is 0 Å². The van der Waals surface area contributed by atoms with Crippen molar-refractivity contribution < 1.29 is 4.39 Å². The van der Waals surface area contributed by atoms with E-state index in [4.69, 9.17) is 17.3 Å². The lowest BCUT2D eigenvalue weighted by atomic mass is 9.98. The molecule has 0 aliphatic rings. The first kappa shape index (κ1) is 14.5. The number of rotatable bonds is 3. The lowest BCUT2D eigenvalue weighted by molar-refractivity contribution is 0.578. The van der Waals surface area contributed by atoms with Crippen LogP contribution in [-0.4, -0.2) is 0 Å². The molecule has 0 aliphatic heterocycles. The number of halogens is 3. The minimum atomic E-state index is -0.434. The molecule has 2 aromatic carbocycles. The van der Waals surface area contributed by atoms with Crippen LogP contribution in [0.4, 0.5) is 4.39 Å². The maximum absolute atomic E-state index is 13.8. The molecule has 0 radical (unpaired) electrons. The van der Waals surface area contributed by atoms with Crippen molar-refractivity contribution in [2.75, 3.05) is 0 Å². The average Bonchev–Trinajstić information content (AvgIpc) is 2.32. The Bertz CT molecular complexity index is 580. The van der Waals surface area contributed by atoms with E-state index in [-0.39, 0.29) is 5.82 Å². The van der Waals surface area contributed by atoms with E-state index in [1.54, 1.807) is 12.1 Å². The molecule has 0 heterocycles. The molecule has 2 aromatic rings. The maximum Gasteiger partial charge on any atom is 0.129 e. The molecule has 0 amide bonds. The van der Waals surface area contributed by atoms with Gasteiger partial charge in [-0.25, -0.2) is 4.39 Å². The summed E-state index contributed by atoms with van der Waals surface area (Å²) in [6.45, 7) is 1.98. The van der Waals surface area contributed by atoms with Crippen molar-refractivity contribution in [3.05, 3.63) is 68.4 Å². The number of aryl methyl sites for hydroxylation is 1. The molecule has 2 N–H and O–H groups in total. The molecular formula is C15H14BrClFN. The molecule has 2 rings (SSSR count). The van der Waals surface area contributed by atoms with Crippen molar-refractivity contribution in [3.8, 4) is 0 Å². The minimum absolute atomic E-state index is 0.301. The monoisotopic (exact) mass is 341 g/mol. The molecule has 0 saturated carbocycles. The zero-order chi connectivity index (χ0) is 14.0. The van der Waals surface area contributed by atoms with E-state index in [9.17, 15) is 4.39 Å². The quantitative estimate of drug-likeness (QED) is 0.852. The zero-order valence-corrected chi connectivity index (χ0v) is 12.8. The van der Waals surface area contributed by atoms with E-state index in [1.807, 2.05) is 25.1 Å². The Kier molecular flexibility index (Phi) is 4.61. The second-order valence-corrected chi connectivity index (χ2v) is 5.80. The van der Waals surface area contributed by atoms with Gasteiger partial charge in [0.15, 0.2) is 0 Å². The molecule has 1 unspecified atom stereocenters. The van der Waals surface area contributed by atoms with E-state index in [2.05, 4.69) is 15.9 Å². The van der Waals surface area contributed by atoms with Crippen LogP contribution in [0.15, 0.2) is 40.9 Å². The molecule has 100 valence electrons. The number of benzene rings is 2. The molecule has 4 heteroatoms. The highest BCUT2D eigenvalue weighted by Crippen LogP contribution is 2.29. The van der Waals surface area contributed by atoms with Gasteiger partial charge in [-0.3, -0.25) is 0 Å². The van der Waals surface area contributed by atoms with Gasteiger partial charge in [-0.15, -0.1) is 0 Å². The van der Waals surface area contributed by atoms with Gasteiger partial charge in [0, 0.05) is 21.1 Å². The molecule has 0 aliphatic carbocycles. The standard InChI is InChI=1S/C15H14BrClFN/c1-9-5-6-10(12(17)7-9)8-14(19)15-11(16)3-2-4-13(15)18/h2-7,14H,8,19H2,1H3. The first-order valence-electron chi connectivity index (χ1n) is 5.93. The fourth-order valence-corrected chi connectivity index (χ4v) is 2.97. The van der Waals surface area contributed by atoms with Crippen molar-refractivity contribution in [2.24, 2.45) is 5.73 Å². The third-order valence-electron chi connectivity index (χ3n) is 3.02. The van der Waals surface area contributed by atoms with Gasteiger partial charge in [0.05, 0.1) is 0 Å². The average molecular weight is 343 g/mol. The second kappa shape index (κ2) is 6.04. The molecule has 0 spiro atoms. The van der Waals surface area contributed by atoms with Gasteiger partial charge in [0.2, 0.25) is 0 Å². The van der Waals surface area contributed by atoms with Crippen molar-refractivity contribution in [2.45, 2.75) is 19.4 Å². The van der Waals surface area contributed by atoms with Crippen LogP contribution >= 0.6 is 27.5 Å². The Morgan fingerprint density at radius 2 is 2.05 bits per heavy atom. The van der Waals surface area contributed by atoms with Crippen molar-refractivity contribution >= 4 is 27.5 Å². The number of hydrogen-bond acceptors (Lipinski definition) is 1. The predicted molar refractivity (Wildman–Crippen MR) is 80.9 cm³/mol. The topological polar surface area (TPSA) is 26.0 Å². The van der Waals surface area contributed by atoms with Gasteiger partial charge < -0.3 is 5.73 Å². The van der Waals surface area contributed by atoms with Crippen LogP contribution in [-0.2, 0) is 6.42 Å². The Labute approximate surface area is 125 Å².